The standard InChI is InChI=1S/C24H27N5O5/c1-15(30)27-18-10-5-3-8-16(18)22(32)28-19-11-6-4-9-17(19)24(34)29-13-7-12-20(29)23(33)26-14-21(31)25-2/h3-6,8-11,20H,7,12-14H2,1-2H3,(H,25,31)(H,26,33)(H,27,30)(H,28,32)/t20-/m0/s1. The molecular formula is C24H27N5O5. The van der Waals surface area contributed by atoms with Crippen LogP contribution in [0.3, 0.4) is 0 Å². The fraction of sp³-hybridized carbons (Fsp3) is 0.292. The molecule has 0 aromatic heterocycles. The lowest BCUT2D eigenvalue weighted by Gasteiger charge is -2.25. The number of anilines is 2. The summed E-state index contributed by atoms with van der Waals surface area (Å²) in [5.41, 5.74) is 1.11. The van der Waals surface area contributed by atoms with Gasteiger partial charge >= 0.3 is 0 Å². The Bertz CT molecular complexity index is 1120. The number of hydrogen-bond donors (Lipinski definition) is 4. The second-order valence-electron chi connectivity index (χ2n) is 7.77. The van der Waals surface area contributed by atoms with E-state index < -0.39 is 23.8 Å². The van der Waals surface area contributed by atoms with Crippen molar-refractivity contribution in [2.24, 2.45) is 0 Å². The van der Waals surface area contributed by atoms with Crippen molar-refractivity contribution in [1.29, 1.82) is 0 Å². The van der Waals surface area contributed by atoms with Crippen LogP contribution in [0.2, 0.25) is 0 Å². The molecular weight excluding hydrogens is 438 g/mol. The van der Waals surface area contributed by atoms with E-state index in [4.69, 9.17) is 0 Å². The van der Waals surface area contributed by atoms with Gasteiger partial charge in [0.2, 0.25) is 17.7 Å². The van der Waals surface area contributed by atoms with Gasteiger partial charge in [0, 0.05) is 20.5 Å². The summed E-state index contributed by atoms with van der Waals surface area (Å²) in [5, 5.41) is 10.3. The van der Waals surface area contributed by atoms with Crippen molar-refractivity contribution in [3.63, 3.8) is 0 Å². The third-order valence-electron chi connectivity index (χ3n) is 5.41. The molecule has 2 aromatic carbocycles. The molecule has 3 rings (SSSR count). The maximum absolute atomic E-state index is 13.4. The average Bonchev–Trinajstić information content (AvgIpc) is 3.32. The molecule has 2 aromatic rings. The van der Waals surface area contributed by atoms with Crippen LogP contribution in [0.15, 0.2) is 48.5 Å². The molecule has 0 unspecified atom stereocenters. The summed E-state index contributed by atoms with van der Waals surface area (Å²) in [5.74, 6) is -1.95. The second-order valence-corrected chi connectivity index (χ2v) is 7.77. The monoisotopic (exact) mass is 465 g/mol. The van der Waals surface area contributed by atoms with Gasteiger partial charge in [-0.05, 0) is 37.1 Å². The molecule has 0 radical (unpaired) electrons. The normalized spacial score (nSPS) is 14.8. The number of amides is 5. The number of para-hydroxylation sites is 2. The number of benzene rings is 2. The number of carbonyl (C=O) groups excluding carboxylic acids is 5. The molecule has 178 valence electrons. The first-order valence-electron chi connectivity index (χ1n) is 10.9. The Morgan fingerprint density at radius 3 is 2.18 bits per heavy atom. The van der Waals surface area contributed by atoms with Gasteiger partial charge in [0.05, 0.1) is 29.0 Å². The minimum Gasteiger partial charge on any atom is -0.358 e. The molecule has 1 heterocycles. The topological polar surface area (TPSA) is 137 Å². The predicted octanol–water partition coefficient (Wildman–Crippen LogP) is 1.36. The summed E-state index contributed by atoms with van der Waals surface area (Å²) in [4.78, 5) is 63.3. The van der Waals surface area contributed by atoms with Gasteiger partial charge in [-0.1, -0.05) is 24.3 Å². The zero-order valence-corrected chi connectivity index (χ0v) is 19.0. The Kier molecular flexibility index (Phi) is 7.96. The van der Waals surface area contributed by atoms with Crippen molar-refractivity contribution in [3.8, 4) is 0 Å². The minimum absolute atomic E-state index is 0.172. The zero-order chi connectivity index (χ0) is 24.7. The van der Waals surface area contributed by atoms with E-state index in [9.17, 15) is 24.0 Å². The van der Waals surface area contributed by atoms with Gasteiger partial charge in [0.1, 0.15) is 6.04 Å². The third kappa shape index (κ3) is 5.77. The van der Waals surface area contributed by atoms with E-state index in [0.29, 0.717) is 25.1 Å². The van der Waals surface area contributed by atoms with E-state index >= 15 is 0 Å². The molecule has 10 nitrogen and oxygen atoms in total. The fourth-order valence-corrected chi connectivity index (χ4v) is 3.76. The van der Waals surface area contributed by atoms with Crippen LogP contribution in [-0.4, -0.2) is 60.6 Å². The number of likely N-dealkylation sites (tertiary alicyclic amines) is 1. The highest BCUT2D eigenvalue weighted by Crippen LogP contribution is 2.25. The van der Waals surface area contributed by atoms with Gasteiger partial charge in [0.25, 0.3) is 11.8 Å². The molecule has 0 spiro atoms. The van der Waals surface area contributed by atoms with Gasteiger partial charge in [0.15, 0.2) is 0 Å². The van der Waals surface area contributed by atoms with Crippen molar-refractivity contribution in [1.82, 2.24) is 15.5 Å². The van der Waals surface area contributed by atoms with Crippen molar-refractivity contribution in [2.45, 2.75) is 25.8 Å². The Morgan fingerprint density at radius 2 is 1.53 bits per heavy atom. The van der Waals surface area contributed by atoms with Gasteiger partial charge in [-0.25, -0.2) is 0 Å². The Morgan fingerprint density at radius 1 is 0.912 bits per heavy atom. The maximum atomic E-state index is 13.4. The summed E-state index contributed by atoms with van der Waals surface area (Å²) in [7, 11) is 1.47. The van der Waals surface area contributed by atoms with Crippen LogP contribution < -0.4 is 21.3 Å². The van der Waals surface area contributed by atoms with Gasteiger partial charge in [-0.2, -0.15) is 0 Å². The van der Waals surface area contributed by atoms with Gasteiger partial charge in [-0.3, -0.25) is 24.0 Å². The number of carbonyl (C=O) groups is 5. The average molecular weight is 466 g/mol. The van der Waals surface area contributed by atoms with E-state index in [-0.39, 0.29) is 35.2 Å². The van der Waals surface area contributed by atoms with Crippen molar-refractivity contribution in [3.05, 3.63) is 59.7 Å². The Labute approximate surface area is 197 Å². The molecule has 0 bridgehead atoms. The highest BCUT2D eigenvalue weighted by atomic mass is 16.2. The van der Waals surface area contributed by atoms with E-state index in [0.717, 1.165) is 0 Å². The predicted molar refractivity (Wildman–Crippen MR) is 126 cm³/mol. The summed E-state index contributed by atoms with van der Waals surface area (Å²) < 4.78 is 0. The van der Waals surface area contributed by atoms with E-state index in [1.807, 2.05) is 0 Å². The van der Waals surface area contributed by atoms with E-state index in [1.54, 1.807) is 48.5 Å². The molecule has 0 saturated carbocycles. The Hall–Kier alpha value is -4.21. The summed E-state index contributed by atoms with van der Waals surface area (Å²) in [6, 6.07) is 12.4. The number of rotatable bonds is 7. The molecule has 10 heteroatoms. The maximum Gasteiger partial charge on any atom is 0.257 e. The highest BCUT2D eigenvalue weighted by molar-refractivity contribution is 6.12. The lowest BCUT2D eigenvalue weighted by molar-refractivity contribution is -0.128. The molecule has 34 heavy (non-hydrogen) atoms. The number of nitrogens with zero attached hydrogens (tertiary/aromatic N) is 1. The molecule has 1 aliphatic rings. The second kappa shape index (κ2) is 11.1. The number of nitrogens with one attached hydrogen (secondary N) is 4. The molecule has 5 amide bonds. The van der Waals surface area contributed by atoms with Crippen LogP contribution >= 0.6 is 0 Å². The van der Waals surface area contributed by atoms with Crippen LogP contribution in [0.1, 0.15) is 40.5 Å². The minimum atomic E-state index is -0.707. The SMILES string of the molecule is CNC(=O)CNC(=O)[C@@H]1CCCN1C(=O)c1ccccc1NC(=O)c1ccccc1NC(C)=O. The van der Waals surface area contributed by atoms with E-state index in [2.05, 4.69) is 21.3 Å². The van der Waals surface area contributed by atoms with Crippen LogP contribution in [0.4, 0.5) is 11.4 Å². The first kappa shape index (κ1) is 24.4. The number of hydrogen-bond acceptors (Lipinski definition) is 5. The van der Waals surface area contributed by atoms with Crippen LogP contribution in [0.5, 0.6) is 0 Å². The molecule has 0 aliphatic carbocycles. The quantitative estimate of drug-likeness (QED) is 0.490. The first-order chi connectivity index (χ1) is 16.3. The fourth-order valence-electron chi connectivity index (χ4n) is 3.76. The molecule has 1 fully saturated rings. The Balaban J connectivity index is 1.79. The van der Waals surface area contributed by atoms with Crippen molar-refractivity contribution < 1.29 is 24.0 Å². The highest BCUT2D eigenvalue weighted by Gasteiger charge is 2.35. The van der Waals surface area contributed by atoms with Crippen molar-refractivity contribution >= 4 is 40.9 Å². The molecule has 1 saturated heterocycles. The zero-order valence-electron chi connectivity index (χ0n) is 19.0. The number of likely N-dealkylation sites (N-methyl/N-ethyl adjacent to an activating group) is 1. The van der Waals surface area contributed by atoms with Crippen molar-refractivity contribution in [2.75, 3.05) is 30.8 Å². The summed E-state index contributed by atoms with van der Waals surface area (Å²) >= 11 is 0. The third-order valence-corrected chi connectivity index (χ3v) is 5.41. The van der Waals surface area contributed by atoms with Gasteiger partial charge < -0.3 is 26.2 Å². The molecule has 1 atom stereocenters. The first-order valence-corrected chi connectivity index (χ1v) is 10.9. The summed E-state index contributed by atoms with van der Waals surface area (Å²) in [6.07, 6.45) is 1.12. The van der Waals surface area contributed by atoms with Crippen LogP contribution in [-0.2, 0) is 14.4 Å². The summed E-state index contributed by atoms with van der Waals surface area (Å²) in [6.45, 7) is 1.55. The molecule has 1 aliphatic heterocycles. The smallest absolute Gasteiger partial charge is 0.257 e. The van der Waals surface area contributed by atoms with Crippen LogP contribution in [0, 0.1) is 0 Å². The van der Waals surface area contributed by atoms with E-state index in [1.165, 1.54) is 18.9 Å². The lowest BCUT2D eigenvalue weighted by Crippen LogP contribution is -2.48. The lowest BCUT2D eigenvalue weighted by atomic mass is 10.1. The van der Waals surface area contributed by atoms with Crippen LogP contribution in [0.25, 0.3) is 0 Å². The van der Waals surface area contributed by atoms with Gasteiger partial charge in [-0.15, -0.1) is 0 Å². The largest absolute Gasteiger partial charge is 0.358 e. The molecule has 4 N–H and O–H groups in total.